The van der Waals surface area contributed by atoms with E-state index in [4.69, 9.17) is 9.39 Å². The molecule has 4 nitrogen and oxygen atoms in total. The van der Waals surface area contributed by atoms with Crippen molar-refractivity contribution < 1.29 is 14.4 Å². The molecule has 110 valence electrons. The predicted molar refractivity (Wildman–Crippen MR) is 84.3 cm³/mol. The van der Waals surface area contributed by atoms with E-state index >= 15 is 0 Å². The van der Waals surface area contributed by atoms with E-state index in [9.17, 15) is 10.3 Å². The molecule has 0 saturated carbocycles. The largest absolute Gasteiger partial charge is 0.491 e. The van der Waals surface area contributed by atoms with Crippen molar-refractivity contribution in [3.05, 3.63) is 52.1 Å². The number of ether oxygens (including phenoxy) is 1. The lowest BCUT2D eigenvalue weighted by Gasteiger charge is -2.13. The first-order valence-electron chi connectivity index (χ1n) is 7.12. The highest BCUT2D eigenvalue weighted by molar-refractivity contribution is 6.61. The molecule has 2 aromatic rings. The van der Waals surface area contributed by atoms with E-state index in [1.165, 1.54) is 0 Å². The van der Waals surface area contributed by atoms with Crippen LogP contribution < -0.4 is 10.2 Å². The number of hydrogen-bond acceptors (Lipinski definition) is 4. The molecular weight excluding hydrogens is 277 g/mol. The normalized spacial score (nSPS) is 13.0. The van der Waals surface area contributed by atoms with E-state index in [-0.39, 0.29) is 0 Å². The molecule has 1 N–H and O–H groups in total. The van der Waals surface area contributed by atoms with Crippen LogP contribution in [0.1, 0.15) is 27.8 Å². The Morgan fingerprint density at radius 1 is 1.23 bits per heavy atom. The Morgan fingerprint density at radius 3 is 2.73 bits per heavy atom. The van der Waals surface area contributed by atoms with Crippen LogP contribution in [-0.4, -0.2) is 12.1 Å². The molecule has 22 heavy (non-hydrogen) atoms. The number of nitriles is 1. The molecule has 1 aliphatic rings. The molecule has 0 spiro atoms. The highest BCUT2D eigenvalue weighted by atomic mass is 16.5. The maximum atomic E-state index is 9.72. The van der Waals surface area contributed by atoms with Crippen LogP contribution in [0.2, 0.25) is 0 Å². The first-order valence-corrected chi connectivity index (χ1v) is 7.12. The van der Waals surface area contributed by atoms with Gasteiger partial charge in [-0.3, -0.25) is 0 Å². The first-order chi connectivity index (χ1) is 10.5. The van der Waals surface area contributed by atoms with Crippen molar-refractivity contribution >= 4 is 12.6 Å². The second kappa shape index (κ2) is 5.49. The third kappa shape index (κ3) is 2.37. The summed E-state index contributed by atoms with van der Waals surface area (Å²) in [4.78, 5) is 0. The summed E-state index contributed by atoms with van der Waals surface area (Å²) in [5.41, 5.74) is 5.32. The van der Waals surface area contributed by atoms with Crippen molar-refractivity contribution in [2.75, 3.05) is 0 Å². The van der Waals surface area contributed by atoms with Crippen molar-refractivity contribution in [2.24, 2.45) is 0 Å². The van der Waals surface area contributed by atoms with Crippen LogP contribution >= 0.6 is 0 Å². The number of nitrogens with zero attached hydrogens (tertiary/aromatic N) is 1. The number of hydrogen-bond donors (Lipinski definition) is 1. The fraction of sp³-hybridized carbons (Fsp3) is 0.235. The quantitative estimate of drug-likeness (QED) is 0.864. The number of rotatable bonds is 2. The number of fused-ring (bicyclic) bond motifs is 1. The van der Waals surface area contributed by atoms with Crippen molar-refractivity contribution in [3.63, 3.8) is 0 Å². The zero-order chi connectivity index (χ0) is 15.9. The van der Waals surface area contributed by atoms with Crippen molar-refractivity contribution in [3.8, 4) is 17.6 Å². The minimum atomic E-state index is -0.852. The predicted octanol–water partition coefficient (Wildman–Crippen LogP) is 2.49. The van der Waals surface area contributed by atoms with Crippen LogP contribution in [-0.2, 0) is 11.3 Å². The summed E-state index contributed by atoms with van der Waals surface area (Å²) in [6, 6.07) is 9.51. The van der Waals surface area contributed by atoms with Crippen molar-refractivity contribution in [1.29, 1.82) is 5.26 Å². The molecule has 0 aromatic heterocycles. The third-order valence-corrected chi connectivity index (χ3v) is 4.23. The molecule has 2 aromatic carbocycles. The summed E-state index contributed by atoms with van der Waals surface area (Å²) in [6.45, 7) is 6.22. The molecule has 0 aliphatic carbocycles. The van der Waals surface area contributed by atoms with E-state index in [0.29, 0.717) is 23.7 Å². The van der Waals surface area contributed by atoms with Gasteiger partial charge in [0.2, 0.25) is 0 Å². The zero-order valence-electron chi connectivity index (χ0n) is 12.8. The van der Waals surface area contributed by atoms with Gasteiger partial charge in [-0.2, -0.15) is 5.26 Å². The monoisotopic (exact) mass is 293 g/mol. The van der Waals surface area contributed by atoms with Gasteiger partial charge in [-0.05, 0) is 66.7 Å². The molecule has 0 amide bonds. The number of benzene rings is 2. The van der Waals surface area contributed by atoms with Crippen LogP contribution in [0.4, 0.5) is 0 Å². The molecule has 0 unspecified atom stereocenters. The van der Waals surface area contributed by atoms with Gasteiger partial charge in [-0.15, -0.1) is 0 Å². The van der Waals surface area contributed by atoms with Crippen molar-refractivity contribution in [2.45, 2.75) is 27.4 Å². The highest BCUT2D eigenvalue weighted by Gasteiger charge is 2.29. The minimum Gasteiger partial charge on any atom is -0.457 e. The third-order valence-electron chi connectivity index (χ3n) is 4.23. The Balaban J connectivity index is 1.98. The van der Waals surface area contributed by atoms with Gasteiger partial charge in [0, 0.05) is 0 Å². The van der Waals surface area contributed by atoms with E-state index in [1.54, 1.807) is 6.07 Å². The van der Waals surface area contributed by atoms with Crippen LogP contribution in [0.25, 0.3) is 0 Å². The van der Waals surface area contributed by atoms with Gasteiger partial charge in [0.1, 0.15) is 11.5 Å². The fourth-order valence-electron chi connectivity index (χ4n) is 2.67. The summed E-state index contributed by atoms with van der Waals surface area (Å²) < 4.78 is 11.2. The minimum absolute atomic E-state index is 0.385. The Labute approximate surface area is 130 Å². The smallest absolute Gasteiger partial charge is 0.457 e. The maximum absolute atomic E-state index is 9.72. The topological polar surface area (TPSA) is 62.5 Å². The van der Waals surface area contributed by atoms with Gasteiger partial charge >= 0.3 is 7.12 Å². The Kier molecular flexibility index (Phi) is 3.65. The molecule has 0 radical (unpaired) electrons. The summed E-state index contributed by atoms with van der Waals surface area (Å²) in [5.74, 6) is 1.35. The molecule has 0 fully saturated rings. The summed E-state index contributed by atoms with van der Waals surface area (Å²) >= 11 is 0. The van der Waals surface area contributed by atoms with Gasteiger partial charge in [0.05, 0.1) is 18.2 Å². The second-order valence-electron chi connectivity index (χ2n) is 5.55. The van der Waals surface area contributed by atoms with Crippen LogP contribution in [0.3, 0.4) is 0 Å². The van der Waals surface area contributed by atoms with Crippen LogP contribution in [0.5, 0.6) is 11.5 Å². The van der Waals surface area contributed by atoms with E-state index in [0.717, 1.165) is 27.7 Å². The first kappa shape index (κ1) is 14.6. The van der Waals surface area contributed by atoms with Gasteiger partial charge in [0.25, 0.3) is 0 Å². The number of aryl methyl sites for hydroxylation is 1. The molecule has 1 aliphatic heterocycles. The lowest BCUT2D eigenvalue weighted by molar-refractivity contribution is 0.274. The Hall–Kier alpha value is -2.29. The van der Waals surface area contributed by atoms with Crippen LogP contribution in [0.15, 0.2) is 24.3 Å². The van der Waals surface area contributed by atoms with E-state index < -0.39 is 7.12 Å². The fourth-order valence-corrected chi connectivity index (χ4v) is 2.67. The average molecular weight is 293 g/mol. The molecule has 0 bridgehead atoms. The molecule has 0 atom stereocenters. The Bertz CT molecular complexity index is 795. The lowest BCUT2D eigenvalue weighted by Crippen LogP contribution is -2.28. The standard InChI is InChI=1S/C17H16BNO3/c1-10-6-14(7-13(8-19)11(10)2)22-17-5-4-16-15(12(17)3)9-21-18(16)20/h4-7,20H,9H2,1-3H3. The zero-order valence-corrected chi connectivity index (χ0v) is 12.8. The molecule has 3 rings (SSSR count). The summed E-state index contributed by atoms with van der Waals surface area (Å²) in [7, 11) is -0.852. The van der Waals surface area contributed by atoms with E-state index in [2.05, 4.69) is 6.07 Å². The maximum Gasteiger partial charge on any atom is 0.491 e. The summed E-state index contributed by atoms with van der Waals surface area (Å²) in [6.07, 6.45) is 0. The van der Waals surface area contributed by atoms with Gasteiger partial charge < -0.3 is 14.4 Å². The van der Waals surface area contributed by atoms with E-state index in [1.807, 2.05) is 39.0 Å². The molecular formula is C17H16BNO3. The molecule has 5 heteroatoms. The van der Waals surface area contributed by atoms with Gasteiger partial charge in [-0.25, -0.2) is 0 Å². The highest BCUT2D eigenvalue weighted by Crippen LogP contribution is 2.30. The average Bonchev–Trinajstić information content (AvgIpc) is 2.87. The van der Waals surface area contributed by atoms with Crippen molar-refractivity contribution in [1.82, 2.24) is 0 Å². The SMILES string of the molecule is Cc1cc(Oc2ccc3c(c2C)COB3O)cc(C#N)c1C. The lowest BCUT2D eigenvalue weighted by atomic mass is 9.78. The van der Waals surface area contributed by atoms with Gasteiger partial charge in [-0.1, -0.05) is 6.07 Å². The molecule has 1 heterocycles. The summed E-state index contributed by atoms with van der Waals surface area (Å²) in [5, 5.41) is 18.9. The molecule has 0 saturated heterocycles. The Morgan fingerprint density at radius 2 is 2.00 bits per heavy atom. The second-order valence-corrected chi connectivity index (χ2v) is 5.55. The van der Waals surface area contributed by atoms with Gasteiger partial charge in [0.15, 0.2) is 0 Å². The van der Waals surface area contributed by atoms with Crippen LogP contribution in [0, 0.1) is 32.1 Å².